The molecule has 0 radical (unpaired) electrons. The summed E-state index contributed by atoms with van der Waals surface area (Å²) in [5, 5.41) is 59.9. The number of aliphatic hydroxyl groups excluding tert-OH is 4. The Bertz CT molecular complexity index is 2480. The van der Waals surface area contributed by atoms with Crippen LogP contribution >= 0.6 is 0 Å². The van der Waals surface area contributed by atoms with Crippen molar-refractivity contribution < 1.29 is 46.4 Å². The van der Waals surface area contributed by atoms with Crippen molar-refractivity contribution in [2.24, 2.45) is 20.0 Å². The molecule has 4 aromatic carbocycles. The molecule has 2 unspecified atom stereocenters. The summed E-state index contributed by atoms with van der Waals surface area (Å²) in [6.45, 7) is -0.884. The van der Waals surface area contributed by atoms with E-state index < -0.39 is 42.6 Å². The smallest absolute Gasteiger partial charge is 0.295 e. The fraction of sp³-hybridized carbons (Fsp3) is 0.250. The first-order valence-electron chi connectivity index (χ1n) is 20.2. The van der Waals surface area contributed by atoms with Gasteiger partial charge in [-0.1, -0.05) is 60.7 Å². The zero-order chi connectivity index (χ0) is 47.1. The van der Waals surface area contributed by atoms with Gasteiger partial charge >= 0.3 is 0 Å². The third-order valence-electron chi connectivity index (χ3n) is 9.13. The Morgan fingerprint density at radius 1 is 0.561 bits per heavy atom. The first kappa shape index (κ1) is 48.7. The van der Waals surface area contributed by atoms with Gasteiger partial charge < -0.3 is 52.3 Å². The number of hydrazine groups is 2. The highest BCUT2D eigenvalue weighted by atomic mass is 32.2. The van der Waals surface area contributed by atoms with E-state index in [2.05, 4.69) is 62.7 Å². The molecule has 0 spiro atoms. The zero-order valence-electron chi connectivity index (χ0n) is 35.0. The quantitative estimate of drug-likeness (QED) is 0.0415. The number of rotatable bonds is 20. The second-order valence-electron chi connectivity index (χ2n) is 13.9. The van der Waals surface area contributed by atoms with Gasteiger partial charge in [-0.2, -0.15) is 26.8 Å². The van der Waals surface area contributed by atoms with Crippen molar-refractivity contribution in [3.8, 4) is 0 Å². The van der Waals surface area contributed by atoms with Gasteiger partial charge in [0.1, 0.15) is 9.79 Å². The molecule has 0 amide bonds. The van der Waals surface area contributed by atoms with Crippen LogP contribution in [-0.2, 0) is 20.2 Å². The van der Waals surface area contributed by atoms with Crippen molar-refractivity contribution in [2.75, 3.05) is 73.9 Å². The van der Waals surface area contributed by atoms with E-state index in [4.69, 9.17) is 0 Å². The highest BCUT2D eigenvalue weighted by Gasteiger charge is 2.31. The Kier molecular flexibility index (Phi) is 16.9. The predicted octanol–water partition coefficient (Wildman–Crippen LogP) is 0.178. The number of para-hydroxylation sites is 2. The fourth-order valence-electron chi connectivity index (χ4n) is 6.28. The first-order chi connectivity index (χ1) is 31.8. The molecule has 2 aliphatic heterocycles. The van der Waals surface area contributed by atoms with E-state index in [1.807, 2.05) is 60.7 Å². The second-order valence-corrected chi connectivity index (χ2v) is 16.7. The van der Waals surface area contributed by atoms with Crippen LogP contribution in [0.25, 0.3) is 12.2 Å². The minimum atomic E-state index is -4.93. The number of benzene rings is 4. The van der Waals surface area contributed by atoms with Crippen molar-refractivity contribution in [3.63, 3.8) is 0 Å². The van der Waals surface area contributed by atoms with Crippen molar-refractivity contribution in [2.45, 2.75) is 22.4 Å². The Morgan fingerprint density at radius 2 is 0.955 bits per heavy atom. The molecule has 0 saturated heterocycles. The molecular formula is C40H50N14O10S2. The van der Waals surface area contributed by atoms with Crippen molar-refractivity contribution in [1.29, 1.82) is 0 Å². The minimum Gasteiger partial charge on any atom is -0.395 e. The van der Waals surface area contributed by atoms with Gasteiger partial charge in [-0.15, -0.1) is 0 Å². The average molecular weight is 951 g/mol. The van der Waals surface area contributed by atoms with Crippen LogP contribution in [-0.4, -0.2) is 145 Å². The largest absolute Gasteiger partial charge is 0.395 e. The topological polar surface area (TPSA) is 342 Å². The molecule has 4 aromatic rings. The number of guanidine groups is 4. The molecule has 0 aromatic heterocycles. The number of nitrogens with one attached hydrogen (secondary N) is 8. The molecule has 26 heteroatoms. The summed E-state index contributed by atoms with van der Waals surface area (Å²) in [6, 6.07) is 26.1. The average Bonchev–Trinajstić information content (AvgIpc) is 3.29. The van der Waals surface area contributed by atoms with Crippen molar-refractivity contribution >= 4 is 79.0 Å². The maximum atomic E-state index is 12.8. The van der Waals surface area contributed by atoms with Crippen LogP contribution in [0, 0.1) is 0 Å². The maximum absolute atomic E-state index is 12.8. The van der Waals surface area contributed by atoms with E-state index in [1.165, 1.54) is 46.4 Å². The van der Waals surface area contributed by atoms with Gasteiger partial charge in [0.25, 0.3) is 20.2 Å². The van der Waals surface area contributed by atoms with Gasteiger partial charge in [0.05, 0.1) is 39.5 Å². The Morgan fingerprint density at radius 3 is 1.30 bits per heavy atom. The van der Waals surface area contributed by atoms with E-state index in [9.17, 15) is 46.4 Å². The van der Waals surface area contributed by atoms with E-state index in [0.29, 0.717) is 11.4 Å². The van der Waals surface area contributed by atoms with Crippen LogP contribution < -0.4 is 42.8 Å². The van der Waals surface area contributed by atoms with Crippen LogP contribution in [0.1, 0.15) is 11.1 Å². The maximum Gasteiger partial charge on any atom is 0.295 e. The van der Waals surface area contributed by atoms with Crippen LogP contribution in [0.5, 0.6) is 0 Å². The van der Waals surface area contributed by atoms with Gasteiger partial charge in [-0.05, 0) is 59.7 Å². The number of aliphatic imine (C=N–C) groups is 4. The first-order valence-corrected chi connectivity index (χ1v) is 23.0. The number of nitrogens with zero attached hydrogens (tertiary/aromatic N) is 6. The van der Waals surface area contributed by atoms with Gasteiger partial charge in [-0.25, -0.2) is 30.9 Å². The molecule has 0 fully saturated rings. The highest BCUT2D eigenvalue weighted by molar-refractivity contribution is 7.86. The summed E-state index contributed by atoms with van der Waals surface area (Å²) < 4.78 is 72.1. The summed E-state index contributed by atoms with van der Waals surface area (Å²) in [7, 11) is -9.86. The number of hydrogen-bond donors (Lipinski definition) is 14. The number of hydrogen-bond acceptors (Lipinski definition) is 18. The molecule has 66 heavy (non-hydrogen) atoms. The lowest BCUT2D eigenvalue weighted by atomic mass is 10.1. The van der Waals surface area contributed by atoms with E-state index in [1.54, 1.807) is 0 Å². The lowest BCUT2D eigenvalue weighted by Crippen LogP contribution is -2.65. The Labute approximate surface area is 380 Å². The van der Waals surface area contributed by atoms with Gasteiger partial charge in [0.2, 0.25) is 23.8 Å². The summed E-state index contributed by atoms with van der Waals surface area (Å²) in [5.41, 5.74) is 7.56. The van der Waals surface area contributed by atoms with Crippen LogP contribution in [0.2, 0.25) is 0 Å². The molecular weight excluding hydrogens is 901 g/mol. The third kappa shape index (κ3) is 13.4. The van der Waals surface area contributed by atoms with Crippen molar-refractivity contribution in [1.82, 2.24) is 31.5 Å². The van der Waals surface area contributed by atoms with Crippen LogP contribution in [0.15, 0.2) is 127 Å². The highest BCUT2D eigenvalue weighted by Crippen LogP contribution is 2.27. The van der Waals surface area contributed by atoms with Crippen molar-refractivity contribution in [3.05, 3.63) is 108 Å². The predicted molar refractivity (Wildman–Crippen MR) is 250 cm³/mol. The number of anilines is 4. The van der Waals surface area contributed by atoms with Gasteiger partial charge in [-0.3, -0.25) is 9.11 Å². The second kappa shape index (κ2) is 22.9. The number of aliphatic hydroxyl groups is 4. The lowest BCUT2D eigenvalue weighted by Gasteiger charge is -2.38. The molecule has 352 valence electrons. The fourth-order valence-corrected chi connectivity index (χ4v) is 7.70. The molecule has 0 saturated carbocycles. The summed E-state index contributed by atoms with van der Waals surface area (Å²) in [6.07, 6.45) is 0.901. The van der Waals surface area contributed by atoms with E-state index in [0.717, 1.165) is 12.1 Å². The van der Waals surface area contributed by atoms with Crippen LogP contribution in [0.4, 0.5) is 22.7 Å². The molecule has 24 nitrogen and oxygen atoms in total. The molecule has 2 heterocycles. The molecule has 2 atom stereocenters. The standard InChI is InChI=1S/C40H50N14O10S2/c55-21-17-41-35-49-37(45-29-7-3-1-4-8-29)53(43-19-23-57)39(51-35)47-31-15-13-27(33(25-31)65(59,60)61)11-12-28-14-16-32(26-34(28)66(62,63)64)48-40-52-36(42-18-22-56)50-38(54(40)44-20-24-58)46-30-9-5-2-6-10-30/h1-16,25-26,37-38,43-46,55-58H,17-24H2,(H,59,60,61)(H,62,63,64)(H2,41,47,49,51)(H2,42,48,50,52)/b12-11+. The Balaban J connectivity index is 1.30. The summed E-state index contributed by atoms with van der Waals surface area (Å²) >= 11 is 0. The lowest BCUT2D eigenvalue weighted by molar-refractivity contribution is 0.194. The third-order valence-corrected chi connectivity index (χ3v) is 10.9. The molecule has 0 aliphatic carbocycles. The SMILES string of the molecule is O=S(=O)(O)c1cc(NC2=NC(=NCCO)NC(Nc3ccccc3)N2NCCO)ccc1/C=C/c1ccc(NC2=NC(=NCCO)NC(Nc3ccccc3)N2NCCO)cc1S(=O)(=O)O. The molecule has 14 N–H and O–H groups in total. The van der Waals surface area contributed by atoms with Gasteiger partial charge in [0, 0.05) is 35.8 Å². The van der Waals surface area contributed by atoms with Gasteiger partial charge in [0.15, 0.2) is 12.6 Å². The van der Waals surface area contributed by atoms with E-state index in [-0.39, 0.29) is 98.9 Å². The normalized spacial score (nSPS) is 17.8. The monoisotopic (exact) mass is 950 g/mol. The zero-order valence-corrected chi connectivity index (χ0v) is 36.7. The summed E-state index contributed by atoms with van der Waals surface area (Å²) in [4.78, 5) is 16.3. The Hall–Kier alpha value is -6.72. The molecule has 2 aliphatic rings. The minimum absolute atomic E-state index is 0.0117. The molecule has 6 rings (SSSR count). The molecule has 0 bridgehead atoms. The summed E-state index contributed by atoms with van der Waals surface area (Å²) in [5.74, 6) is 0.353. The van der Waals surface area contributed by atoms with Crippen LogP contribution in [0.3, 0.4) is 0 Å². The van der Waals surface area contributed by atoms with E-state index >= 15 is 0 Å².